The Kier molecular flexibility index (Phi) is 9.27. The number of anilines is 1. The van der Waals surface area contributed by atoms with Gasteiger partial charge < -0.3 is 14.8 Å². The van der Waals surface area contributed by atoms with Crippen molar-refractivity contribution in [3.05, 3.63) is 110 Å². The van der Waals surface area contributed by atoms with Crippen LogP contribution in [0.4, 0.5) is 11.4 Å². The summed E-state index contributed by atoms with van der Waals surface area (Å²) in [6, 6.07) is 16.2. The summed E-state index contributed by atoms with van der Waals surface area (Å²) in [5.74, 6) is 0.105. The highest BCUT2D eigenvalue weighted by molar-refractivity contribution is 6.44. The van der Waals surface area contributed by atoms with Crippen LogP contribution in [0.25, 0.3) is 6.08 Å². The molecule has 37 heavy (non-hydrogen) atoms. The van der Waals surface area contributed by atoms with Gasteiger partial charge in [-0.1, -0.05) is 47.5 Å². The van der Waals surface area contributed by atoms with Crippen molar-refractivity contribution in [3.63, 3.8) is 0 Å². The van der Waals surface area contributed by atoms with E-state index in [1.807, 2.05) is 6.07 Å². The van der Waals surface area contributed by atoms with Crippen molar-refractivity contribution >= 4 is 46.6 Å². The van der Waals surface area contributed by atoms with Gasteiger partial charge in [-0.3, -0.25) is 14.9 Å². The van der Waals surface area contributed by atoms with Gasteiger partial charge in [0.2, 0.25) is 0 Å². The quantitative estimate of drug-likeness (QED) is 0.100. The average Bonchev–Trinajstić information content (AvgIpc) is 2.89. The number of nitriles is 1. The van der Waals surface area contributed by atoms with Gasteiger partial charge in [-0.2, -0.15) is 5.26 Å². The van der Waals surface area contributed by atoms with E-state index in [4.69, 9.17) is 32.7 Å². The summed E-state index contributed by atoms with van der Waals surface area (Å²) in [6.45, 7) is 3.83. The zero-order chi connectivity index (χ0) is 26.9. The number of allylic oxidation sites excluding steroid dienone is 1. The third-order valence-corrected chi connectivity index (χ3v) is 5.94. The van der Waals surface area contributed by atoms with Gasteiger partial charge >= 0.3 is 0 Å². The van der Waals surface area contributed by atoms with E-state index in [0.29, 0.717) is 34.6 Å². The highest BCUT2D eigenvalue weighted by Crippen LogP contribution is 2.35. The number of amides is 1. The average molecular weight is 538 g/mol. The molecule has 0 unspecified atom stereocenters. The van der Waals surface area contributed by atoms with Crippen LogP contribution in [0.1, 0.15) is 16.7 Å². The minimum Gasteiger partial charge on any atom is -0.493 e. The van der Waals surface area contributed by atoms with E-state index in [-0.39, 0.29) is 33.6 Å². The largest absolute Gasteiger partial charge is 0.493 e. The van der Waals surface area contributed by atoms with Crippen LogP contribution in [0.15, 0.2) is 72.8 Å². The fourth-order valence-corrected chi connectivity index (χ4v) is 3.76. The molecule has 0 saturated carbocycles. The summed E-state index contributed by atoms with van der Waals surface area (Å²) < 4.78 is 11.5. The molecule has 0 aliphatic carbocycles. The highest BCUT2D eigenvalue weighted by Gasteiger charge is 2.17. The molecule has 8 nitrogen and oxygen atoms in total. The lowest BCUT2D eigenvalue weighted by atomic mass is 10.0. The third-order valence-electron chi connectivity index (χ3n) is 5.12. The monoisotopic (exact) mass is 537 g/mol. The first kappa shape index (κ1) is 27.3. The first-order chi connectivity index (χ1) is 17.8. The van der Waals surface area contributed by atoms with Crippen molar-refractivity contribution < 1.29 is 19.2 Å². The molecule has 188 valence electrons. The van der Waals surface area contributed by atoms with Crippen LogP contribution in [0.2, 0.25) is 10.0 Å². The molecule has 3 aromatic carbocycles. The molecular formula is C27H21Cl2N3O5. The maximum atomic E-state index is 12.8. The number of non-ortho nitro benzene ring substituents is 1. The molecule has 0 heterocycles. The van der Waals surface area contributed by atoms with Crippen LogP contribution >= 0.6 is 23.2 Å². The molecule has 0 saturated heterocycles. The fraction of sp³-hybridized carbons (Fsp3) is 0.111. The highest BCUT2D eigenvalue weighted by atomic mass is 35.5. The Morgan fingerprint density at radius 2 is 1.97 bits per heavy atom. The molecule has 10 heteroatoms. The zero-order valence-corrected chi connectivity index (χ0v) is 21.2. The number of nitrogens with one attached hydrogen (secondary N) is 1. The maximum absolute atomic E-state index is 12.8. The molecule has 0 aromatic heterocycles. The summed E-state index contributed by atoms with van der Waals surface area (Å²) in [7, 11) is 1.46. The van der Waals surface area contributed by atoms with Crippen molar-refractivity contribution in [3.8, 4) is 17.6 Å². The molecule has 0 bridgehead atoms. The van der Waals surface area contributed by atoms with Crippen LogP contribution in [-0.4, -0.2) is 17.9 Å². The van der Waals surface area contributed by atoms with Crippen molar-refractivity contribution in [2.24, 2.45) is 0 Å². The second-order valence-corrected chi connectivity index (χ2v) is 8.43. The number of hydrogen-bond donors (Lipinski definition) is 1. The Hall–Kier alpha value is -4.32. The predicted octanol–water partition coefficient (Wildman–Crippen LogP) is 6.76. The summed E-state index contributed by atoms with van der Waals surface area (Å²) in [6.07, 6.45) is 3.48. The molecular weight excluding hydrogens is 517 g/mol. The number of methoxy groups -OCH3 is 1. The number of hydrogen-bond acceptors (Lipinski definition) is 6. The standard InChI is InChI=1S/C27H21Cl2N3O5/c1-3-6-19-11-18(12-20(15-30)27(33)31-23-10-5-9-22(28)25(23)29)14-24(36-2)26(19)37-16-17-7-4-8-21(13-17)32(34)35/h3-5,7-14H,1,6,16H2,2H3,(H,31,33)/b20-12-. The smallest absolute Gasteiger partial charge is 0.269 e. The van der Waals surface area contributed by atoms with Gasteiger partial charge in [-0.15, -0.1) is 6.58 Å². The van der Waals surface area contributed by atoms with E-state index in [0.717, 1.165) is 0 Å². The minimum atomic E-state index is -0.665. The SMILES string of the molecule is C=CCc1cc(/C=C(/C#N)C(=O)Nc2cccc(Cl)c2Cl)cc(OC)c1OCc1cccc([N+](=O)[O-])c1. The summed E-state index contributed by atoms with van der Waals surface area (Å²) >= 11 is 12.1. The molecule has 1 N–H and O–H groups in total. The normalized spacial score (nSPS) is 10.8. The lowest BCUT2D eigenvalue weighted by Crippen LogP contribution is -2.13. The lowest BCUT2D eigenvalue weighted by Gasteiger charge is -2.16. The van der Waals surface area contributed by atoms with Crippen molar-refractivity contribution in [1.82, 2.24) is 0 Å². The second kappa shape index (κ2) is 12.6. The van der Waals surface area contributed by atoms with Crippen LogP contribution in [0.3, 0.4) is 0 Å². The van der Waals surface area contributed by atoms with Crippen LogP contribution < -0.4 is 14.8 Å². The summed E-state index contributed by atoms with van der Waals surface area (Å²) in [4.78, 5) is 23.3. The van der Waals surface area contributed by atoms with Crippen LogP contribution in [-0.2, 0) is 17.8 Å². The van der Waals surface area contributed by atoms with E-state index < -0.39 is 10.8 Å². The van der Waals surface area contributed by atoms with E-state index in [1.54, 1.807) is 48.5 Å². The second-order valence-electron chi connectivity index (χ2n) is 7.65. The Balaban J connectivity index is 1.91. The Morgan fingerprint density at radius 1 is 1.22 bits per heavy atom. The van der Waals surface area contributed by atoms with Gasteiger partial charge in [0, 0.05) is 17.7 Å². The summed E-state index contributed by atoms with van der Waals surface area (Å²) in [5.41, 5.74) is 1.86. The van der Waals surface area contributed by atoms with Gasteiger partial charge in [-0.05, 0) is 47.9 Å². The number of nitro benzene ring substituents is 1. The summed E-state index contributed by atoms with van der Waals surface area (Å²) in [5, 5.41) is 23.7. The molecule has 3 rings (SSSR count). The molecule has 0 spiro atoms. The first-order valence-corrected chi connectivity index (χ1v) is 11.6. The number of nitrogens with zero attached hydrogens (tertiary/aromatic N) is 2. The van der Waals surface area contributed by atoms with Gasteiger partial charge in [-0.25, -0.2) is 0 Å². The molecule has 0 aliphatic rings. The molecule has 0 aliphatic heterocycles. The zero-order valence-electron chi connectivity index (χ0n) is 19.7. The number of ether oxygens (including phenoxy) is 2. The third kappa shape index (κ3) is 6.88. The van der Waals surface area contributed by atoms with Gasteiger partial charge in [0.15, 0.2) is 11.5 Å². The Bertz CT molecular complexity index is 1430. The van der Waals surface area contributed by atoms with E-state index >= 15 is 0 Å². The number of nitro groups is 1. The number of carbonyl (C=O) groups is 1. The number of rotatable bonds is 10. The minimum absolute atomic E-state index is 0.0405. The van der Waals surface area contributed by atoms with Crippen molar-refractivity contribution in [2.75, 3.05) is 12.4 Å². The topological polar surface area (TPSA) is 114 Å². The molecule has 0 fully saturated rings. The van der Waals surface area contributed by atoms with E-state index in [9.17, 15) is 20.2 Å². The van der Waals surface area contributed by atoms with Crippen LogP contribution in [0.5, 0.6) is 11.5 Å². The number of carbonyl (C=O) groups excluding carboxylic acids is 1. The molecule has 0 atom stereocenters. The maximum Gasteiger partial charge on any atom is 0.269 e. The van der Waals surface area contributed by atoms with E-state index in [1.165, 1.54) is 25.3 Å². The number of halogens is 2. The van der Waals surface area contributed by atoms with Gasteiger partial charge in [0.1, 0.15) is 18.2 Å². The molecule has 1 amide bonds. The van der Waals surface area contributed by atoms with Gasteiger partial charge in [0.25, 0.3) is 11.6 Å². The van der Waals surface area contributed by atoms with E-state index in [2.05, 4.69) is 11.9 Å². The number of benzene rings is 3. The van der Waals surface area contributed by atoms with Crippen molar-refractivity contribution in [1.29, 1.82) is 5.26 Å². The van der Waals surface area contributed by atoms with Crippen molar-refractivity contribution in [2.45, 2.75) is 13.0 Å². The van der Waals surface area contributed by atoms with Gasteiger partial charge in [0.05, 0.1) is 27.8 Å². The first-order valence-electron chi connectivity index (χ1n) is 10.8. The van der Waals surface area contributed by atoms with Crippen LogP contribution in [0, 0.1) is 21.4 Å². The lowest BCUT2D eigenvalue weighted by molar-refractivity contribution is -0.384. The Labute approximate surface area is 223 Å². The predicted molar refractivity (Wildman–Crippen MR) is 143 cm³/mol. The molecule has 0 radical (unpaired) electrons. The fourth-order valence-electron chi connectivity index (χ4n) is 3.41. The molecule has 3 aromatic rings. The Morgan fingerprint density at radius 3 is 2.65 bits per heavy atom.